The zero-order valence-corrected chi connectivity index (χ0v) is 28.7. The van der Waals surface area contributed by atoms with Gasteiger partial charge >= 0.3 is 0 Å². The van der Waals surface area contributed by atoms with Crippen LogP contribution in [-0.4, -0.2) is 87.8 Å². The van der Waals surface area contributed by atoms with Gasteiger partial charge in [0.25, 0.3) is 17.4 Å². The van der Waals surface area contributed by atoms with Crippen LogP contribution in [0.1, 0.15) is 52.4 Å². The van der Waals surface area contributed by atoms with Gasteiger partial charge in [0.2, 0.25) is 0 Å². The van der Waals surface area contributed by atoms with Crippen LogP contribution in [0.5, 0.6) is 0 Å². The van der Waals surface area contributed by atoms with Gasteiger partial charge in [0.15, 0.2) is 0 Å². The summed E-state index contributed by atoms with van der Waals surface area (Å²) in [6.07, 6.45) is 5.19. The summed E-state index contributed by atoms with van der Waals surface area (Å²) < 4.78 is 38.5. The average molecular weight is 699 g/mol. The van der Waals surface area contributed by atoms with E-state index in [1.54, 1.807) is 25.4 Å². The molecule has 2 fully saturated rings. The van der Waals surface area contributed by atoms with E-state index in [0.29, 0.717) is 67.1 Å². The molecule has 268 valence electrons. The Balaban J connectivity index is 0.963. The molecule has 1 unspecified atom stereocenters. The Morgan fingerprint density at radius 2 is 1.78 bits per heavy atom. The Labute approximate surface area is 295 Å². The Morgan fingerprint density at radius 1 is 1.02 bits per heavy atom. The Kier molecular flexibility index (Phi) is 10.0. The van der Waals surface area contributed by atoms with Crippen LogP contribution in [0, 0.1) is 0 Å². The molecule has 10 nitrogen and oxygen atoms in total. The smallest absolute Gasteiger partial charge is 0.271 e. The summed E-state index contributed by atoms with van der Waals surface area (Å²) in [4.78, 5) is 33.7. The molecule has 1 amide bonds. The first-order chi connectivity index (χ1) is 24.6. The van der Waals surface area contributed by atoms with Crippen LogP contribution in [0.15, 0.2) is 77.9 Å². The topological polar surface area (TPSA) is 126 Å². The van der Waals surface area contributed by atoms with Crippen molar-refractivity contribution in [1.29, 1.82) is 0 Å². The molecule has 0 radical (unpaired) electrons. The van der Waals surface area contributed by atoms with E-state index in [-0.39, 0.29) is 42.5 Å². The summed E-state index contributed by atoms with van der Waals surface area (Å²) in [7, 11) is 1.66. The third-order valence-corrected chi connectivity index (χ3v) is 10.6. The lowest BCUT2D eigenvalue weighted by Gasteiger charge is -2.39. The predicted octanol–water partition coefficient (Wildman–Crippen LogP) is 4.41. The monoisotopic (exact) mass is 698 g/mol. The van der Waals surface area contributed by atoms with Crippen molar-refractivity contribution < 1.29 is 23.4 Å². The van der Waals surface area contributed by atoms with E-state index in [9.17, 15) is 14.7 Å². The lowest BCUT2D eigenvalue weighted by molar-refractivity contribution is -0.0821. The SMILES string of the molecule is Cn1ccc(-c2cc(C(=O)N[C@H]3CCC[C@@H]3OCc3ccc(-c4ccc5c(c4)CC(F)(F)C5N4CCN(CCO)CC4)cc3)cnc2N)cc1=O. The second-order valence-corrected chi connectivity index (χ2v) is 13.9. The molecule has 2 aromatic heterocycles. The number of anilines is 1. The highest BCUT2D eigenvalue weighted by molar-refractivity contribution is 5.96. The molecule has 2 aliphatic carbocycles. The minimum Gasteiger partial charge on any atom is -0.395 e. The van der Waals surface area contributed by atoms with Crippen LogP contribution in [0.3, 0.4) is 0 Å². The number of β-amino-alcohol motifs (C(OH)–C–C–N with tert-alkyl or cyclic N) is 1. The fraction of sp³-hybridized carbons (Fsp3) is 0.410. The van der Waals surface area contributed by atoms with Crippen LogP contribution in [0.4, 0.5) is 14.6 Å². The molecule has 3 atom stereocenters. The van der Waals surface area contributed by atoms with Crippen LogP contribution in [-0.2, 0) is 24.8 Å². The molecule has 51 heavy (non-hydrogen) atoms. The number of amides is 1. The van der Waals surface area contributed by atoms with E-state index < -0.39 is 12.0 Å². The highest BCUT2D eigenvalue weighted by Crippen LogP contribution is 2.48. The van der Waals surface area contributed by atoms with E-state index in [1.165, 1.54) is 16.8 Å². The van der Waals surface area contributed by atoms with Gasteiger partial charge in [-0.3, -0.25) is 19.4 Å². The number of ether oxygens (including phenoxy) is 1. The van der Waals surface area contributed by atoms with Gasteiger partial charge in [0.05, 0.1) is 37.0 Å². The van der Waals surface area contributed by atoms with Crippen LogP contribution in [0.2, 0.25) is 0 Å². The molecule has 0 bridgehead atoms. The number of pyridine rings is 2. The number of carbonyl (C=O) groups is 1. The van der Waals surface area contributed by atoms with Crippen molar-refractivity contribution in [1.82, 2.24) is 24.7 Å². The first-order valence-electron chi connectivity index (χ1n) is 17.6. The molecule has 0 spiro atoms. The summed E-state index contributed by atoms with van der Waals surface area (Å²) in [6, 6.07) is 17.5. The number of aryl methyl sites for hydroxylation is 1. The van der Waals surface area contributed by atoms with E-state index >= 15 is 8.78 Å². The van der Waals surface area contributed by atoms with Gasteiger partial charge in [-0.25, -0.2) is 13.8 Å². The number of rotatable bonds is 10. The number of aliphatic hydroxyl groups excluding tert-OH is 1. The maximum Gasteiger partial charge on any atom is 0.271 e. The maximum absolute atomic E-state index is 15.4. The molecule has 2 aromatic carbocycles. The van der Waals surface area contributed by atoms with Crippen LogP contribution >= 0.6 is 0 Å². The molecule has 7 rings (SSSR count). The lowest BCUT2D eigenvalue weighted by Crippen LogP contribution is -2.51. The molecule has 1 aliphatic heterocycles. The molecule has 3 aliphatic rings. The van der Waals surface area contributed by atoms with Crippen molar-refractivity contribution in [3.05, 3.63) is 106 Å². The van der Waals surface area contributed by atoms with Gasteiger partial charge < -0.3 is 25.5 Å². The van der Waals surface area contributed by atoms with Gasteiger partial charge in [-0.05, 0) is 64.8 Å². The van der Waals surface area contributed by atoms with E-state index in [1.807, 2.05) is 47.4 Å². The van der Waals surface area contributed by atoms with E-state index in [4.69, 9.17) is 10.5 Å². The third-order valence-electron chi connectivity index (χ3n) is 10.6. The van der Waals surface area contributed by atoms with E-state index in [2.05, 4.69) is 15.2 Å². The number of nitrogen functional groups attached to an aromatic ring is 1. The fourth-order valence-electron chi connectivity index (χ4n) is 7.72. The number of nitrogens with two attached hydrogens (primary N) is 1. The summed E-state index contributed by atoms with van der Waals surface area (Å²) in [6.45, 7) is 3.48. The predicted molar refractivity (Wildman–Crippen MR) is 191 cm³/mol. The molecule has 1 saturated heterocycles. The van der Waals surface area contributed by atoms with Gasteiger partial charge in [-0.1, -0.05) is 42.5 Å². The molecular weight excluding hydrogens is 654 g/mol. The number of benzene rings is 2. The van der Waals surface area contributed by atoms with Crippen molar-refractivity contribution >= 4 is 11.7 Å². The number of carbonyl (C=O) groups excluding carboxylic acids is 1. The quantitative estimate of drug-likeness (QED) is 0.223. The van der Waals surface area contributed by atoms with Crippen molar-refractivity contribution in [2.24, 2.45) is 7.05 Å². The number of halogens is 2. The summed E-state index contributed by atoms with van der Waals surface area (Å²) in [5, 5.41) is 12.3. The maximum atomic E-state index is 15.4. The van der Waals surface area contributed by atoms with Crippen molar-refractivity contribution in [3.63, 3.8) is 0 Å². The molecule has 4 N–H and O–H groups in total. The second kappa shape index (κ2) is 14.6. The first-order valence-corrected chi connectivity index (χ1v) is 17.6. The first kappa shape index (κ1) is 34.9. The number of nitrogens with zero attached hydrogens (tertiary/aromatic N) is 4. The number of alkyl halides is 2. The second-order valence-electron chi connectivity index (χ2n) is 13.9. The number of aromatic nitrogens is 2. The number of hydrogen-bond donors (Lipinski definition) is 3. The van der Waals surface area contributed by atoms with E-state index in [0.717, 1.165) is 36.0 Å². The Morgan fingerprint density at radius 3 is 2.53 bits per heavy atom. The summed E-state index contributed by atoms with van der Waals surface area (Å²) in [5.74, 6) is -2.88. The Bertz CT molecular complexity index is 1940. The molecule has 1 saturated carbocycles. The highest BCUT2D eigenvalue weighted by Gasteiger charge is 2.50. The summed E-state index contributed by atoms with van der Waals surface area (Å²) in [5.41, 5.74) is 11.6. The number of nitrogens with one attached hydrogen (secondary N) is 1. The minimum atomic E-state index is -2.84. The van der Waals surface area contributed by atoms with Crippen molar-refractivity contribution in [2.45, 2.75) is 56.4 Å². The highest BCUT2D eigenvalue weighted by atomic mass is 19.3. The van der Waals surface area contributed by atoms with Gasteiger partial charge in [0.1, 0.15) is 5.82 Å². The number of hydrogen-bond acceptors (Lipinski definition) is 8. The number of fused-ring (bicyclic) bond motifs is 1. The third kappa shape index (κ3) is 7.45. The molecule has 4 aromatic rings. The standard InChI is InChI=1S/C39H44F2N6O4/c1-45-12-11-28(21-35(45)49)32-20-30(23-43-37(32)42)38(50)44-33-3-2-4-34(33)51-24-25-5-7-26(8-6-25)27-9-10-31-29(19-27)22-39(40,41)36(31)47-15-13-46(14-16-47)17-18-48/h5-12,19-21,23,33-34,36,48H,2-4,13-18,22,24H2,1H3,(H2,42,43)(H,44,50)/t33-,34-,36?/m0/s1. The number of piperazine rings is 1. The van der Waals surface area contributed by atoms with Gasteiger partial charge in [0, 0.05) is 70.2 Å². The fourth-order valence-corrected chi connectivity index (χ4v) is 7.72. The number of aliphatic hydroxyl groups is 1. The molecule has 3 heterocycles. The van der Waals surface area contributed by atoms with Crippen LogP contribution < -0.4 is 16.6 Å². The van der Waals surface area contributed by atoms with Crippen LogP contribution in [0.25, 0.3) is 22.3 Å². The zero-order valence-electron chi connectivity index (χ0n) is 28.7. The lowest BCUT2D eigenvalue weighted by atomic mass is 9.98. The van der Waals surface area contributed by atoms with Gasteiger partial charge in [-0.2, -0.15) is 0 Å². The summed E-state index contributed by atoms with van der Waals surface area (Å²) >= 11 is 0. The average Bonchev–Trinajstić information content (AvgIpc) is 3.68. The normalized spacial score (nSPS) is 21.8. The zero-order chi connectivity index (χ0) is 35.7. The largest absolute Gasteiger partial charge is 0.395 e. The molecular formula is C39H44F2N6O4. The molecule has 12 heteroatoms. The Hall–Kier alpha value is -4.49. The van der Waals surface area contributed by atoms with Crippen molar-refractivity contribution in [2.75, 3.05) is 45.1 Å². The minimum absolute atomic E-state index is 0.0771. The van der Waals surface area contributed by atoms with Gasteiger partial charge in [-0.15, -0.1) is 0 Å². The van der Waals surface area contributed by atoms with Crippen molar-refractivity contribution in [3.8, 4) is 22.3 Å².